The summed E-state index contributed by atoms with van der Waals surface area (Å²) in [6, 6.07) is 0. The van der Waals surface area contributed by atoms with E-state index in [4.69, 9.17) is 10.5 Å². The minimum atomic E-state index is -0.272. The summed E-state index contributed by atoms with van der Waals surface area (Å²) in [7, 11) is 0. The third-order valence-corrected chi connectivity index (χ3v) is 2.22. The third-order valence-electron chi connectivity index (χ3n) is 2.22. The van der Waals surface area contributed by atoms with Crippen LogP contribution in [-0.4, -0.2) is 34.6 Å². The quantitative estimate of drug-likeness (QED) is 0.723. The van der Waals surface area contributed by atoms with Crippen molar-refractivity contribution in [3.05, 3.63) is 6.33 Å². The Kier molecular flexibility index (Phi) is 5.54. The number of hydrogen-bond donors (Lipinski definition) is 3. The van der Waals surface area contributed by atoms with E-state index >= 15 is 0 Å². The SMILES string of the molecule is CCCOc1ncnc(NCC(=O)NC(C)(C)C)c1N. The molecule has 1 heterocycles. The predicted molar refractivity (Wildman–Crippen MR) is 78.6 cm³/mol. The van der Waals surface area contributed by atoms with Crippen LogP contribution in [0.2, 0.25) is 0 Å². The monoisotopic (exact) mass is 281 g/mol. The topological polar surface area (TPSA) is 102 Å². The zero-order valence-corrected chi connectivity index (χ0v) is 12.5. The number of amides is 1. The number of anilines is 2. The van der Waals surface area contributed by atoms with Crippen molar-refractivity contribution in [1.29, 1.82) is 0 Å². The van der Waals surface area contributed by atoms with E-state index < -0.39 is 0 Å². The number of aromatic nitrogens is 2. The van der Waals surface area contributed by atoms with Crippen molar-refractivity contribution < 1.29 is 9.53 Å². The highest BCUT2D eigenvalue weighted by molar-refractivity contribution is 5.82. The molecule has 7 nitrogen and oxygen atoms in total. The van der Waals surface area contributed by atoms with Crippen molar-refractivity contribution in [2.75, 3.05) is 24.2 Å². The lowest BCUT2D eigenvalue weighted by atomic mass is 10.1. The number of nitrogens with two attached hydrogens (primary N) is 1. The van der Waals surface area contributed by atoms with Gasteiger partial charge in [0, 0.05) is 5.54 Å². The van der Waals surface area contributed by atoms with Gasteiger partial charge in [-0.25, -0.2) is 4.98 Å². The molecule has 1 aromatic heterocycles. The van der Waals surface area contributed by atoms with E-state index in [1.165, 1.54) is 6.33 Å². The summed E-state index contributed by atoms with van der Waals surface area (Å²) in [6.45, 7) is 8.37. The molecule has 7 heteroatoms. The molecule has 0 radical (unpaired) electrons. The Labute approximate surface area is 119 Å². The molecule has 20 heavy (non-hydrogen) atoms. The summed E-state index contributed by atoms with van der Waals surface area (Å²) < 4.78 is 5.40. The molecule has 4 N–H and O–H groups in total. The number of ether oxygens (including phenoxy) is 1. The molecule has 1 aromatic rings. The average molecular weight is 281 g/mol. The molecule has 0 aliphatic rings. The van der Waals surface area contributed by atoms with Gasteiger partial charge in [0.1, 0.15) is 12.0 Å². The van der Waals surface area contributed by atoms with E-state index in [1.54, 1.807) is 0 Å². The van der Waals surface area contributed by atoms with Gasteiger partial charge >= 0.3 is 0 Å². The Balaban J connectivity index is 2.62. The molecule has 0 unspecified atom stereocenters. The molecule has 0 atom stereocenters. The average Bonchev–Trinajstić information content (AvgIpc) is 2.34. The lowest BCUT2D eigenvalue weighted by Crippen LogP contribution is -2.43. The molecule has 0 fully saturated rings. The molecule has 0 aliphatic carbocycles. The summed E-state index contributed by atoms with van der Waals surface area (Å²) in [5.41, 5.74) is 5.93. The van der Waals surface area contributed by atoms with E-state index in [0.29, 0.717) is 24.0 Å². The molecule has 1 amide bonds. The number of nitrogens with zero attached hydrogens (tertiary/aromatic N) is 2. The number of rotatable bonds is 6. The van der Waals surface area contributed by atoms with Gasteiger partial charge in [0.15, 0.2) is 5.82 Å². The number of nitrogens with one attached hydrogen (secondary N) is 2. The summed E-state index contributed by atoms with van der Waals surface area (Å²) in [4.78, 5) is 19.7. The van der Waals surface area contributed by atoms with Crippen LogP contribution in [0.5, 0.6) is 5.88 Å². The van der Waals surface area contributed by atoms with Gasteiger partial charge in [-0.1, -0.05) is 6.92 Å². The Morgan fingerprint density at radius 3 is 2.70 bits per heavy atom. The van der Waals surface area contributed by atoms with E-state index in [0.717, 1.165) is 6.42 Å². The van der Waals surface area contributed by atoms with Gasteiger partial charge in [0.05, 0.1) is 13.2 Å². The summed E-state index contributed by atoms with van der Waals surface area (Å²) >= 11 is 0. The predicted octanol–water partition coefficient (Wildman–Crippen LogP) is 1.17. The maximum atomic E-state index is 11.7. The standard InChI is InChI=1S/C13H23N5O2/c1-5-6-20-12-10(14)11(16-8-17-12)15-7-9(19)18-13(2,3)4/h8H,5-7,14H2,1-4H3,(H,18,19)(H,15,16,17). The Bertz CT molecular complexity index is 457. The Hall–Kier alpha value is -2.05. The van der Waals surface area contributed by atoms with Crippen molar-refractivity contribution in [2.45, 2.75) is 39.7 Å². The van der Waals surface area contributed by atoms with Crippen LogP contribution in [0, 0.1) is 0 Å². The fourth-order valence-electron chi connectivity index (χ4n) is 1.46. The molecular weight excluding hydrogens is 258 g/mol. The second kappa shape index (κ2) is 6.93. The highest BCUT2D eigenvalue weighted by atomic mass is 16.5. The summed E-state index contributed by atoms with van der Waals surface area (Å²) in [5.74, 6) is 0.599. The zero-order chi connectivity index (χ0) is 15.2. The molecule has 0 saturated carbocycles. The zero-order valence-electron chi connectivity index (χ0n) is 12.5. The number of hydrogen-bond acceptors (Lipinski definition) is 6. The van der Waals surface area contributed by atoms with Gasteiger partial charge in [0.2, 0.25) is 11.8 Å². The molecule has 0 aromatic carbocycles. The second-order valence-electron chi connectivity index (χ2n) is 5.44. The fraction of sp³-hybridized carbons (Fsp3) is 0.615. The molecule has 0 aliphatic heterocycles. The van der Waals surface area contributed by atoms with Gasteiger partial charge in [-0.3, -0.25) is 4.79 Å². The first kappa shape index (κ1) is 16.0. The maximum absolute atomic E-state index is 11.7. The van der Waals surface area contributed by atoms with Gasteiger partial charge in [-0.15, -0.1) is 0 Å². The van der Waals surface area contributed by atoms with Crippen molar-refractivity contribution in [3.63, 3.8) is 0 Å². The van der Waals surface area contributed by atoms with Gasteiger partial charge < -0.3 is 21.1 Å². The van der Waals surface area contributed by atoms with E-state index in [2.05, 4.69) is 20.6 Å². The van der Waals surface area contributed by atoms with E-state index in [1.807, 2.05) is 27.7 Å². The van der Waals surface area contributed by atoms with Crippen LogP contribution in [0.3, 0.4) is 0 Å². The third kappa shape index (κ3) is 5.29. The molecule has 0 saturated heterocycles. The van der Waals surface area contributed by atoms with Crippen molar-refractivity contribution in [3.8, 4) is 5.88 Å². The summed E-state index contributed by atoms with van der Waals surface area (Å²) in [6.07, 6.45) is 2.21. The molecule has 1 rings (SSSR count). The van der Waals surface area contributed by atoms with Crippen molar-refractivity contribution in [1.82, 2.24) is 15.3 Å². The van der Waals surface area contributed by atoms with Crippen LogP contribution in [0.15, 0.2) is 6.33 Å². The van der Waals surface area contributed by atoms with E-state index in [-0.39, 0.29) is 18.0 Å². The summed E-state index contributed by atoms with van der Waals surface area (Å²) in [5, 5.41) is 5.72. The van der Waals surface area contributed by atoms with Crippen LogP contribution >= 0.6 is 0 Å². The lowest BCUT2D eigenvalue weighted by Gasteiger charge is -2.20. The van der Waals surface area contributed by atoms with E-state index in [9.17, 15) is 4.79 Å². The normalized spacial score (nSPS) is 11.0. The fourth-order valence-corrected chi connectivity index (χ4v) is 1.46. The first-order valence-corrected chi connectivity index (χ1v) is 6.61. The van der Waals surface area contributed by atoms with Crippen LogP contribution in [0.1, 0.15) is 34.1 Å². The largest absolute Gasteiger partial charge is 0.476 e. The molecule has 0 bridgehead atoms. The Morgan fingerprint density at radius 1 is 1.40 bits per heavy atom. The van der Waals surface area contributed by atoms with Crippen molar-refractivity contribution >= 4 is 17.4 Å². The second-order valence-corrected chi connectivity index (χ2v) is 5.44. The Morgan fingerprint density at radius 2 is 2.10 bits per heavy atom. The maximum Gasteiger partial charge on any atom is 0.242 e. The van der Waals surface area contributed by atoms with Crippen LogP contribution < -0.4 is 21.1 Å². The van der Waals surface area contributed by atoms with Gasteiger partial charge in [-0.05, 0) is 27.2 Å². The smallest absolute Gasteiger partial charge is 0.242 e. The molecule has 0 spiro atoms. The number of carbonyl (C=O) groups excluding carboxylic acids is 1. The van der Waals surface area contributed by atoms with Gasteiger partial charge in [-0.2, -0.15) is 4.98 Å². The van der Waals surface area contributed by atoms with Gasteiger partial charge in [0.25, 0.3) is 0 Å². The minimum Gasteiger partial charge on any atom is -0.476 e. The molecular formula is C13H23N5O2. The highest BCUT2D eigenvalue weighted by Crippen LogP contribution is 2.24. The first-order valence-electron chi connectivity index (χ1n) is 6.61. The lowest BCUT2D eigenvalue weighted by molar-refractivity contribution is -0.120. The van der Waals surface area contributed by atoms with Crippen LogP contribution in [-0.2, 0) is 4.79 Å². The molecule has 112 valence electrons. The minimum absolute atomic E-state index is 0.0890. The number of nitrogen functional groups attached to an aromatic ring is 1. The highest BCUT2D eigenvalue weighted by Gasteiger charge is 2.15. The van der Waals surface area contributed by atoms with Crippen LogP contribution in [0.4, 0.5) is 11.5 Å². The first-order chi connectivity index (χ1) is 9.33. The number of carbonyl (C=O) groups is 1. The van der Waals surface area contributed by atoms with Crippen LogP contribution in [0.25, 0.3) is 0 Å². The van der Waals surface area contributed by atoms with Crippen molar-refractivity contribution in [2.24, 2.45) is 0 Å².